The number of nitrogens with one attached hydrogen (secondary N) is 2. The minimum Gasteiger partial charge on any atom is -0.346 e. The summed E-state index contributed by atoms with van der Waals surface area (Å²) in [7, 11) is -0.675. The van der Waals surface area contributed by atoms with Gasteiger partial charge in [-0.2, -0.15) is 37.2 Å². The third kappa shape index (κ3) is 7.38. The molecule has 1 aliphatic rings. The van der Waals surface area contributed by atoms with Crippen molar-refractivity contribution in [3.8, 4) is 22.5 Å². The van der Waals surface area contributed by atoms with Crippen molar-refractivity contribution in [2.24, 2.45) is 20.0 Å². The highest BCUT2D eigenvalue weighted by Crippen LogP contribution is 2.55. The first-order valence-corrected chi connectivity index (χ1v) is 19.7. The summed E-state index contributed by atoms with van der Waals surface area (Å²) < 4.78 is 133. The SMILES string of the molecule is C[C@@H]1c2c(C(F)(F)F)nn(CC(=O)N[C@@H](Cc3cc(F)cc(F)c3)c3nc(-c4ccnn4C)ccc3-c3ccc(Cl)c4c(NS(C)(=O)=O)nn(C)c34)c2C(F)(F)[C@@H]1C. The lowest BCUT2D eigenvalue weighted by atomic mass is 9.93. The quantitative estimate of drug-likeness (QED) is 0.136. The number of hydrogen-bond acceptors (Lipinski definition) is 7. The normalized spacial score (nSPS) is 17.1. The number of anilines is 1. The molecule has 6 aromatic rings. The Kier molecular flexibility index (Phi) is 10.1. The van der Waals surface area contributed by atoms with Gasteiger partial charge in [-0.3, -0.25) is 23.6 Å². The topological polar surface area (TPSA) is 142 Å². The van der Waals surface area contributed by atoms with E-state index in [-0.39, 0.29) is 39.5 Å². The molecule has 0 unspecified atom stereocenters. The van der Waals surface area contributed by atoms with Gasteiger partial charge >= 0.3 is 6.18 Å². The highest BCUT2D eigenvalue weighted by molar-refractivity contribution is 7.92. The van der Waals surface area contributed by atoms with Crippen molar-refractivity contribution in [3.63, 3.8) is 0 Å². The molecule has 0 fully saturated rings. The van der Waals surface area contributed by atoms with Crippen LogP contribution in [0.1, 0.15) is 54.0 Å². The molecule has 4 heterocycles. The maximum absolute atomic E-state index is 15.6. The Morgan fingerprint density at radius 3 is 2.28 bits per heavy atom. The van der Waals surface area contributed by atoms with Crippen LogP contribution in [-0.2, 0) is 54.0 Å². The van der Waals surface area contributed by atoms with Gasteiger partial charge in [0.15, 0.2) is 11.5 Å². The minimum atomic E-state index is -5.11. The van der Waals surface area contributed by atoms with Gasteiger partial charge in [0.25, 0.3) is 5.92 Å². The number of alkyl halides is 5. The first-order valence-electron chi connectivity index (χ1n) is 17.5. The van der Waals surface area contributed by atoms with Crippen molar-refractivity contribution in [1.29, 1.82) is 0 Å². The fourth-order valence-electron chi connectivity index (χ4n) is 7.50. The third-order valence-corrected chi connectivity index (χ3v) is 11.1. The number of pyridine rings is 1. The first-order chi connectivity index (χ1) is 27.0. The predicted octanol–water partition coefficient (Wildman–Crippen LogP) is 7.50. The number of nitrogens with zero attached hydrogens (tertiary/aromatic N) is 7. The van der Waals surface area contributed by atoms with E-state index in [0.29, 0.717) is 33.2 Å². The van der Waals surface area contributed by atoms with Crippen LogP contribution in [0, 0.1) is 17.6 Å². The van der Waals surface area contributed by atoms with Crippen LogP contribution in [0.5, 0.6) is 0 Å². The number of benzene rings is 2. The van der Waals surface area contributed by atoms with E-state index in [2.05, 4.69) is 25.3 Å². The van der Waals surface area contributed by atoms with E-state index >= 15 is 8.78 Å². The Hall–Kier alpha value is -5.50. The van der Waals surface area contributed by atoms with Crippen molar-refractivity contribution >= 4 is 44.3 Å². The number of hydrogen-bond donors (Lipinski definition) is 2. The number of carbonyl (C=O) groups is 1. The number of fused-ring (bicyclic) bond motifs is 2. The van der Waals surface area contributed by atoms with Crippen molar-refractivity contribution < 1.29 is 43.9 Å². The molecule has 1 amide bonds. The Morgan fingerprint density at radius 2 is 1.66 bits per heavy atom. The molecule has 0 radical (unpaired) electrons. The van der Waals surface area contributed by atoms with Gasteiger partial charge in [-0.1, -0.05) is 37.6 Å². The minimum absolute atomic E-state index is 0.0245. The summed E-state index contributed by atoms with van der Waals surface area (Å²) in [5, 5.41) is 15.0. The second-order valence-electron chi connectivity index (χ2n) is 14.2. The molecule has 3 atom stereocenters. The number of sulfonamides is 1. The molecule has 0 saturated carbocycles. The highest BCUT2D eigenvalue weighted by atomic mass is 35.5. The smallest absolute Gasteiger partial charge is 0.346 e. The molecular weight excluding hydrogens is 819 g/mol. The molecule has 12 nitrogen and oxygen atoms in total. The van der Waals surface area contributed by atoms with Crippen LogP contribution in [0.4, 0.5) is 36.6 Å². The zero-order valence-electron chi connectivity index (χ0n) is 31.1. The fourth-order valence-corrected chi connectivity index (χ4v) is 8.23. The van der Waals surface area contributed by atoms with Gasteiger partial charge in [0.05, 0.1) is 45.3 Å². The molecule has 58 heavy (non-hydrogen) atoms. The van der Waals surface area contributed by atoms with Gasteiger partial charge < -0.3 is 5.32 Å². The van der Waals surface area contributed by atoms with Gasteiger partial charge in [0, 0.05) is 49.0 Å². The monoisotopic (exact) mass is 851 g/mol. The highest BCUT2D eigenvalue weighted by Gasteiger charge is 2.57. The standard InChI is InChI=1S/C37H33ClF7N9O3S/c1-17-18(2)36(41,42)34-29(17)33(37(43,44)45)49-54(34)16-28(55)47-26(14-19-12-20(39)15-21(40)13-19)31-22(7-9-25(48-31)27-10-11-46-52(27)3)23-6-8-24(38)30-32(23)53(4)50-35(30)51-58(5,56)57/h6-13,15,17-18,26H,14,16H2,1-5H3,(H,47,55)(H,50,51)/t17-,18+,26-/m0/s1. The van der Waals surface area contributed by atoms with E-state index in [0.717, 1.165) is 25.3 Å². The Balaban J connectivity index is 1.41. The van der Waals surface area contributed by atoms with Gasteiger partial charge in [-0.15, -0.1) is 0 Å². The lowest BCUT2D eigenvalue weighted by Crippen LogP contribution is -2.35. The zero-order valence-corrected chi connectivity index (χ0v) is 32.7. The Bertz CT molecular complexity index is 2710. The van der Waals surface area contributed by atoms with E-state index in [9.17, 15) is 35.2 Å². The van der Waals surface area contributed by atoms with Crippen molar-refractivity contribution in [2.45, 2.75) is 50.9 Å². The first kappa shape index (κ1) is 40.7. The molecule has 0 aliphatic heterocycles. The molecule has 0 saturated heterocycles. The Morgan fingerprint density at radius 1 is 0.983 bits per heavy atom. The van der Waals surface area contributed by atoms with E-state index in [1.807, 2.05) is 0 Å². The lowest BCUT2D eigenvalue weighted by Gasteiger charge is -2.24. The molecular formula is C37H33ClF7N9O3S. The van der Waals surface area contributed by atoms with Crippen molar-refractivity contribution in [1.82, 2.24) is 39.6 Å². The van der Waals surface area contributed by atoms with E-state index in [1.54, 1.807) is 31.3 Å². The van der Waals surface area contributed by atoms with E-state index < -0.39 is 81.0 Å². The molecule has 1 aliphatic carbocycles. The van der Waals surface area contributed by atoms with Crippen molar-refractivity contribution in [3.05, 3.63) is 99.6 Å². The van der Waals surface area contributed by atoms with Crippen LogP contribution in [0.25, 0.3) is 33.4 Å². The summed E-state index contributed by atoms with van der Waals surface area (Å²) in [4.78, 5) is 18.9. The largest absolute Gasteiger partial charge is 0.435 e. The molecule has 21 heteroatoms. The van der Waals surface area contributed by atoms with Crippen molar-refractivity contribution in [2.75, 3.05) is 11.0 Å². The third-order valence-electron chi connectivity index (χ3n) is 10.2. The van der Waals surface area contributed by atoms with Crippen LogP contribution < -0.4 is 10.0 Å². The summed E-state index contributed by atoms with van der Waals surface area (Å²) in [6, 6.07) is 9.25. The average molecular weight is 852 g/mol. The van der Waals surface area contributed by atoms with Crippen LogP contribution >= 0.6 is 11.6 Å². The maximum atomic E-state index is 15.6. The fraction of sp³-hybridized carbons (Fsp3) is 0.324. The number of aromatic nitrogens is 7. The van der Waals surface area contributed by atoms with Crippen LogP contribution in [0.15, 0.2) is 54.7 Å². The number of halogens is 8. The molecule has 7 rings (SSSR count). The summed E-state index contributed by atoms with van der Waals surface area (Å²) >= 11 is 6.59. The summed E-state index contributed by atoms with van der Waals surface area (Å²) in [6.07, 6.45) is -3.05. The van der Waals surface area contributed by atoms with Crippen LogP contribution in [-0.4, -0.2) is 54.9 Å². The molecule has 0 bridgehead atoms. The number of amides is 1. The summed E-state index contributed by atoms with van der Waals surface area (Å²) in [6.45, 7) is 1.26. The van der Waals surface area contributed by atoms with E-state index in [4.69, 9.17) is 16.6 Å². The second kappa shape index (κ2) is 14.4. The average Bonchev–Trinajstić information content (AvgIpc) is 3.84. The molecule has 2 N–H and O–H groups in total. The molecule has 0 spiro atoms. The summed E-state index contributed by atoms with van der Waals surface area (Å²) in [5.74, 6) is -9.63. The van der Waals surface area contributed by atoms with Crippen LogP contribution in [0.2, 0.25) is 5.02 Å². The molecule has 4 aromatic heterocycles. The zero-order chi connectivity index (χ0) is 42.2. The lowest BCUT2D eigenvalue weighted by molar-refractivity contribution is -0.143. The predicted molar refractivity (Wildman–Crippen MR) is 199 cm³/mol. The van der Waals surface area contributed by atoms with E-state index in [1.165, 1.54) is 35.6 Å². The van der Waals surface area contributed by atoms with Gasteiger partial charge in [-0.25, -0.2) is 22.2 Å². The number of rotatable bonds is 10. The van der Waals surface area contributed by atoms with Gasteiger partial charge in [0.2, 0.25) is 15.9 Å². The molecule has 306 valence electrons. The Labute approximate surface area is 331 Å². The molecule has 2 aromatic carbocycles. The maximum Gasteiger partial charge on any atom is 0.435 e. The second-order valence-corrected chi connectivity index (χ2v) is 16.4. The number of carbonyl (C=O) groups excluding carboxylic acids is 1. The van der Waals surface area contributed by atoms with Crippen LogP contribution in [0.3, 0.4) is 0 Å². The van der Waals surface area contributed by atoms with Gasteiger partial charge in [0.1, 0.15) is 23.9 Å². The van der Waals surface area contributed by atoms with Gasteiger partial charge in [-0.05, 0) is 48.2 Å². The summed E-state index contributed by atoms with van der Waals surface area (Å²) in [5.41, 5.74) is -1.47. The number of aryl methyl sites for hydroxylation is 2.